The van der Waals surface area contributed by atoms with Crippen molar-refractivity contribution in [3.8, 4) is 0 Å². The molecule has 0 aliphatic carbocycles. The molecule has 0 heterocycles. The number of hydrogen-bond acceptors (Lipinski definition) is 0. The van der Waals surface area contributed by atoms with Crippen molar-refractivity contribution in [3.63, 3.8) is 0 Å². The summed E-state index contributed by atoms with van der Waals surface area (Å²) in [5.74, 6) is 0. The van der Waals surface area contributed by atoms with E-state index in [-0.39, 0.29) is 21.9 Å². The van der Waals surface area contributed by atoms with Crippen LogP contribution in [-0.2, 0) is 12.3 Å². The summed E-state index contributed by atoms with van der Waals surface area (Å²) in [6.45, 7) is 0. The molecule has 0 saturated carbocycles. The molecule has 64 valence electrons. The Morgan fingerprint density at radius 3 is 0.556 bits per heavy atom. The fourth-order valence-electron chi connectivity index (χ4n) is 0. The third-order valence-electron chi connectivity index (χ3n) is 0. The van der Waals surface area contributed by atoms with Crippen LogP contribution in [-0.4, -0.2) is 21.9 Å². The molecule has 0 aromatic heterocycles. The van der Waals surface area contributed by atoms with Crippen molar-refractivity contribution in [2.75, 3.05) is 0 Å². The molecule has 9 heavy (non-hydrogen) atoms. The Balaban J connectivity index is -0.0000000133. The van der Waals surface area contributed by atoms with E-state index in [4.69, 9.17) is 37.2 Å². The molecule has 0 atom stereocenters. The van der Waals surface area contributed by atoms with E-state index in [1.54, 1.807) is 0 Å². The minimum atomic E-state index is -3.11. The molecule has 0 aromatic carbocycles. The second-order valence-electron chi connectivity index (χ2n) is 0.429. The molecule has 9 heteroatoms. The molecule has 0 aliphatic rings. The molecule has 8 N–H and O–H groups in total. The average molecular weight is 262 g/mol. The standard InChI is InChI=1S/4ClH.4H2O.Ti/h4*1H;4*1H2;/q;;;;;;;;+4/p-4. The van der Waals surface area contributed by atoms with Crippen LogP contribution in [0.5, 0.6) is 0 Å². The van der Waals surface area contributed by atoms with Crippen LogP contribution >= 0.6 is 37.2 Å². The zero-order valence-corrected chi connectivity index (χ0v) is 8.60. The topological polar surface area (TPSA) is 126 Å². The molecular weight excluding hydrogens is 254 g/mol. The van der Waals surface area contributed by atoms with Crippen LogP contribution < -0.4 is 0 Å². The van der Waals surface area contributed by atoms with E-state index in [0.717, 1.165) is 0 Å². The van der Waals surface area contributed by atoms with Gasteiger partial charge in [-0.2, -0.15) is 0 Å². The summed E-state index contributed by atoms with van der Waals surface area (Å²) in [4.78, 5) is 0. The number of halogens is 4. The molecule has 0 bridgehead atoms. The predicted molar refractivity (Wildman–Crippen MR) is 37.9 cm³/mol. The molecule has 0 aromatic rings. The van der Waals surface area contributed by atoms with Gasteiger partial charge in [-0.15, -0.1) is 0 Å². The van der Waals surface area contributed by atoms with Crippen molar-refractivity contribution >= 4 is 37.2 Å². The monoisotopic (exact) mass is 260 g/mol. The van der Waals surface area contributed by atoms with E-state index in [0.29, 0.717) is 0 Å². The summed E-state index contributed by atoms with van der Waals surface area (Å²) in [6, 6.07) is 0. The summed E-state index contributed by atoms with van der Waals surface area (Å²) in [7, 11) is 20.1. The Morgan fingerprint density at radius 2 is 0.556 bits per heavy atom. The summed E-state index contributed by atoms with van der Waals surface area (Å²) >= 11 is -3.11. The van der Waals surface area contributed by atoms with Crippen molar-refractivity contribution in [2.24, 2.45) is 0 Å². The third-order valence-corrected chi connectivity index (χ3v) is 0. The molecule has 0 saturated heterocycles. The van der Waals surface area contributed by atoms with E-state index in [1.165, 1.54) is 0 Å². The molecule has 0 amide bonds. The summed E-state index contributed by atoms with van der Waals surface area (Å²) in [6.07, 6.45) is 0. The van der Waals surface area contributed by atoms with E-state index < -0.39 is 12.3 Å². The molecular formula is H8Cl4O4Ti. The van der Waals surface area contributed by atoms with Crippen LogP contribution in [0.3, 0.4) is 0 Å². The Labute approximate surface area is 71.1 Å². The van der Waals surface area contributed by atoms with Crippen molar-refractivity contribution in [2.45, 2.75) is 0 Å². The zero-order valence-electron chi connectivity index (χ0n) is 4.01. The van der Waals surface area contributed by atoms with Gasteiger partial charge in [0.05, 0.1) is 0 Å². The van der Waals surface area contributed by atoms with Crippen LogP contribution in [0.15, 0.2) is 0 Å². The zero-order chi connectivity index (χ0) is 4.50. The van der Waals surface area contributed by atoms with Crippen molar-refractivity contribution in [1.82, 2.24) is 0 Å². The fourth-order valence-corrected chi connectivity index (χ4v) is 0. The van der Waals surface area contributed by atoms with Crippen LogP contribution in [0.4, 0.5) is 0 Å². The Kier molecular flexibility index (Phi) is 42.6. The van der Waals surface area contributed by atoms with Gasteiger partial charge in [0.1, 0.15) is 0 Å². The average Bonchev–Trinajstić information content (AvgIpc) is 0.722. The quantitative estimate of drug-likeness (QED) is 0.519. The van der Waals surface area contributed by atoms with Gasteiger partial charge in [0.25, 0.3) is 0 Å². The molecule has 0 aliphatic heterocycles. The Hall–Kier alpha value is 1.71. The van der Waals surface area contributed by atoms with Crippen LogP contribution in [0.1, 0.15) is 0 Å². The predicted octanol–water partition coefficient (Wildman–Crippen LogP) is -0.543. The fraction of sp³-hybridized carbons (Fsp3) is 0. The van der Waals surface area contributed by atoms with Crippen LogP contribution in [0, 0.1) is 0 Å². The van der Waals surface area contributed by atoms with Gasteiger partial charge in [0.2, 0.25) is 0 Å². The van der Waals surface area contributed by atoms with Gasteiger partial charge in [0.15, 0.2) is 0 Å². The van der Waals surface area contributed by atoms with Crippen molar-refractivity contribution in [1.29, 1.82) is 0 Å². The van der Waals surface area contributed by atoms with Gasteiger partial charge >= 0.3 is 49.6 Å². The van der Waals surface area contributed by atoms with Gasteiger partial charge in [-0.3, -0.25) is 0 Å². The van der Waals surface area contributed by atoms with Gasteiger partial charge in [-0.05, 0) is 0 Å². The molecule has 0 spiro atoms. The Morgan fingerprint density at radius 1 is 0.556 bits per heavy atom. The van der Waals surface area contributed by atoms with Crippen molar-refractivity contribution < 1.29 is 34.3 Å². The van der Waals surface area contributed by atoms with Crippen LogP contribution in [0.2, 0.25) is 0 Å². The van der Waals surface area contributed by atoms with Gasteiger partial charge in [0, 0.05) is 0 Å². The molecule has 0 radical (unpaired) electrons. The number of hydrogen-bond donors (Lipinski definition) is 0. The van der Waals surface area contributed by atoms with E-state index in [1.807, 2.05) is 0 Å². The van der Waals surface area contributed by atoms with Gasteiger partial charge in [-0.1, -0.05) is 0 Å². The first-order valence-corrected chi connectivity index (χ1v) is 9.35. The number of rotatable bonds is 0. The molecule has 0 unspecified atom stereocenters. The first-order valence-electron chi connectivity index (χ1n) is 0.756. The molecule has 4 nitrogen and oxygen atoms in total. The second-order valence-corrected chi connectivity index (χ2v) is 15.9. The van der Waals surface area contributed by atoms with E-state index in [2.05, 4.69) is 0 Å². The maximum absolute atomic E-state index is 5.01. The molecule has 0 rings (SSSR count). The Bertz CT molecular complexity index is 28.0. The molecule has 0 fully saturated rings. The third kappa shape index (κ3) is 197. The van der Waals surface area contributed by atoms with E-state index >= 15 is 0 Å². The first-order chi connectivity index (χ1) is 2.00. The summed E-state index contributed by atoms with van der Waals surface area (Å²) < 4.78 is 0. The SMILES string of the molecule is O.O.O.O.[Cl][Ti]([Cl])([Cl])[Cl]. The first kappa shape index (κ1) is 31.0. The normalized spacial score (nSPS) is 6.67. The minimum absolute atomic E-state index is 0. The van der Waals surface area contributed by atoms with Gasteiger partial charge < -0.3 is 21.9 Å². The summed E-state index contributed by atoms with van der Waals surface area (Å²) in [5, 5.41) is 0. The van der Waals surface area contributed by atoms with Crippen LogP contribution in [0.25, 0.3) is 0 Å². The summed E-state index contributed by atoms with van der Waals surface area (Å²) in [5.41, 5.74) is 0. The van der Waals surface area contributed by atoms with Crippen molar-refractivity contribution in [3.05, 3.63) is 0 Å². The second kappa shape index (κ2) is 12.4. The van der Waals surface area contributed by atoms with E-state index in [9.17, 15) is 0 Å². The van der Waals surface area contributed by atoms with Gasteiger partial charge in [-0.25, -0.2) is 0 Å². The maximum atomic E-state index is 5.01.